The first-order valence-corrected chi connectivity index (χ1v) is 5.87. The van der Waals surface area contributed by atoms with Gasteiger partial charge in [-0.25, -0.2) is 0 Å². The van der Waals surface area contributed by atoms with Crippen LogP contribution in [0.2, 0.25) is 0 Å². The fourth-order valence-electron chi connectivity index (χ4n) is 2.01. The van der Waals surface area contributed by atoms with Crippen LogP contribution in [-0.2, 0) is 4.79 Å². The molecular formula is C13H19ClN2O2. The molecule has 1 amide bonds. The number of aryl methyl sites for hydroxylation is 1. The molecule has 1 unspecified atom stereocenters. The number of carbonyl (C=O) groups excluding carboxylic acids is 1. The normalized spacial score (nSPS) is 18.0. The molecule has 2 N–H and O–H groups in total. The van der Waals surface area contributed by atoms with Crippen molar-refractivity contribution >= 4 is 24.0 Å². The molecule has 5 heteroatoms. The average molecular weight is 271 g/mol. The van der Waals surface area contributed by atoms with Crippen LogP contribution in [0.1, 0.15) is 12.0 Å². The highest BCUT2D eigenvalue weighted by Gasteiger charge is 2.23. The summed E-state index contributed by atoms with van der Waals surface area (Å²) in [5.74, 6) is 0.850. The van der Waals surface area contributed by atoms with Gasteiger partial charge < -0.3 is 15.4 Å². The van der Waals surface area contributed by atoms with E-state index in [0.717, 1.165) is 30.8 Å². The van der Waals surface area contributed by atoms with Crippen LogP contribution in [0, 0.1) is 12.8 Å². The molecular weight excluding hydrogens is 252 g/mol. The lowest BCUT2D eigenvalue weighted by atomic mass is 10.1. The smallest absolute Gasteiger partial charge is 0.228 e. The molecule has 1 fully saturated rings. The molecule has 1 aromatic carbocycles. The van der Waals surface area contributed by atoms with Crippen molar-refractivity contribution in [1.29, 1.82) is 0 Å². The van der Waals surface area contributed by atoms with Gasteiger partial charge in [-0.15, -0.1) is 12.4 Å². The Kier molecular flexibility index (Phi) is 5.44. The van der Waals surface area contributed by atoms with Gasteiger partial charge >= 0.3 is 0 Å². The molecule has 1 aliphatic rings. The Morgan fingerprint density at radius 3 is 2.89 bits per heavy atom. The highest BCUT2D eigenvalue weighted by atomic mass is 35.5. The number of hydrogen-bond acceptors (Lipinski definition) is 3. The van der Waals surface area contributed by atoms with Crippen LogP contribution in [0.15, 0.2) is 18.2 Å². The Labute approximate surface area is 114 Å². The number of nitrogens with one attached hydrogen (secondary N) is 2. The molecule has 4 nitrogen and oxygen atoms in total. The Morgan fingerprint density at radius 1 is 1.50 bits per heavy atom. The van der Waals surface area contributed by atoms with Crippen LogP contribution in [0.25, 0.3) is 0 Å². The van der Waals surface area contributed by atoms with Gasteiger partial charge in [-0.2, -0.15) is 0 Å². The van der Waals surface area contributed by atoms with Gasteiger partial charge in [0.25, 0.3) is 0 Å². The fourth-order valence-corrected chi connectivity index (χ4v) is 2.01. The zero-order valence-corrected chi connectivity index (χ0v) is 11.5. The number of carbonyl (C=O) groups is 1. The maximum absolute atomic E-state index is 12.0. The zero-order chi connectivity index (χ0) is 12.3. The van der Waals surface area contributed by atoms with Gasteiger partial charge in [0, 0.05) is 6.54 Å². The molecule has 1 aliphatic heterocycles. The summed E-state index contributed by atoms with van der Waals surface area (Å²) in [7, 11) is 1.61. The molecule has 0 saturated carbocycles. The fraction of sp³-hybridized carbons (Fsp3) is 0.462. The summed E-state index contributed by atoms with van der Waals surface area (Å²) in [6, 6.07) is 5.77. The van der Waals surface area contributed by atoms with Crippen LogP contribution < -0.4 is 15.4 Å². The summed E-state index contributed by atoms with van der Waals surface area (Å²) in [5.41, 5.74) is 1.86. The molecule has 0 spiro atoms. The molecule has 18 heavy (non-hydrogen) atoms. The lowest BCUT2D eigenvalue weighted by Gasteiger charge is -2.13. The van der Waals surface area contributed by atoms with Crippen molar-refractivity contribution in [3.8, 4) is 5.75 Å². The number of rotatable bonds is 3. The van der Waals surface area contributed by atoms with E-state index in [0.29, 0.717) is 5.75 Å². The van der Waals surface area contributed by atoms with Crippen LogP contribution in [0.5, 0.6) is 5.75 Å². The number of halogens is 1. The Balaban J connectivity index is 0.00000162. The summed E-state index contributed by atoms with van der Waals surface area (Å²) in [4.78, 5) is 12.0. The van der Waals surface area contributed by atoms with E-state index >= 15 is 0 Å². The molecule has 0 radical (unpaired) electrons. The minimum Gasteiger partial charge on any atom is -0.495 e. The van der Waals surface area contributed by atoms with Gasteiger partial charge in [0.1, 0.15) is 5.75 Å². The summed E-state index contributed by atoms with van der Waals surface area (Å²) in [6.07, 6.45) is 0.903. The molecule has 1 atom stereocenters. The van der Waals surface area contributed by atoms with Crippen LogP contribution >= 0.6 is 12.4 Å². The van der Waals surface area contributed by atoms with Crippen molar-refractivity contribution in [2.45, 2.75) is 13.3 Å². The summed E-state index contributed by atoms with van der Waals surface area (Å²) in [5, 5.41) is 6.11. The van der Waals surface area contributed by atoms with Gasteiger partial charge in [-0.3, -0.25) is 4.79 Å². The third kappa shape index (κ3) is 3.37. The second kappa shape index (κ2) is 6.61. The van der Waals surface area contributed by atoms with Gasteiger partial charge in [-0.05, 0) is 37.6 Å². The van der Waals surface area contributed by atoms with E-state index in [9.17, 15) is 4.79 Å². The number of ether oxygens (including phenoxy) is 1. The Hall–Kier alpha value is -1.26. The Bertz CT molecular complexity index is 417. The number of anilines is 1. The second-order valence-electron chi connectivity index (χ2n) is 4.38. The van der Waals surface area contributed by atoms with Crippen molar-refractivity contribution < 1.29 is 9.53 Å². The third-order valence-corrected chi connectivity index (χ3v) is 3.05. The number of methoxy groups -OCH3 is 1. The molecule has 0 bridgehead atoms. The van der Waals surface area contributed by atoms with E-state index in [-0.39, 0.29) is 24.2 Å². The van der Waals surface area contributed by atoms with Gasteiger partial charge in [-0.1, -0.05) is 6.07 Å². The van der Waals surface area contributed by atoms with Gasteiger partial charge in [0.15, 0.2) is 0 Å². The first-order valence-electron chi connectivity index (χ1n) is 5.87. The maximum atomic E-state index is 12.0. The molecule has 2 rings (SSSR count). The van der Waals surface area contributed by atoms with Crippen LogP contribution in [0.4, 0.5) is 5.69 Å². The third-order valence-electron chi connectivity index (χ3n) is 3.05. The van der Waals surface area contributed by atoms with Crippen LogP contribution in [0.3, 0.4) is 0 Å². The van der Waals surface area contributed by atoms with E-state index < -0.39 is 0 Å². The SMILES string of the molecule is COc1cc(C)ccc1NC(=O)C1CCNC1.Cl. The highest BCUT2D eigenvalue weighted by Crippen LogP contribution is 2.26. The average Bonchev–Trinajstić information content (AvgIpc) is 2.85. The van der Waals surface area contributed by atoms with Crippen molar-refractivity contribution in [3.63, 3.8) is 0 Å². The van der Waals surface area contributed by atoms with E-state index in [4.69, 9.17) is 4.74 Å². The molecule has 1 heterocycles. The molecule has 1 saturated heterocycles. The second-order valence-corrected chi connectivity index (χ2v) is 4.38. The zero-order valence-electron chi connectivity index (χ0n) is 10.7. The van der Waals surface area contributed by atoms with Crippen molar-refractivity contribution in [2.24, 2.45) is 5.92 Å². The minimum atomic E-state index is 0. The lowest BCUT2D eigenvalue weighted by molar-refractivity contribution is -0.119. The minimum absolute atomic E-state index is 0. The van der Waals surface area contributed by atoms with E-state index in [1.165, 1.54) is 0 Å². The van der Waals surface area contributed by atoms with Crippen LogP contribution in [-0.4, -0.2) is 26.1 Å². The first kappa shape index (κ1) is 14.8. The van der Waals surface area contributed by atoms with E-state index in [1.54, 1.807) is 7.11 Å². The number of amides is 1. The summed E-state index contributed by atoms with van der Waals surface area (Å²) < 4.78 is 5.26. The molecule has 1 aromatic rings. The van der Waals surface area contributed by atoms with E-state index in [1.807, 2.05) is 25.1 Å². The highest BCUT2D eigenvalue weighted by molar-refractivity contribution is 5.94. The Morgan fingerprint density at radius 2 is 2.28 bits per heavy atom. The van der Waals surface area contributed by atoms with Crippen molar-refractivity contribution in [2.75, 3.05) is 25.5 Å². The summed E-state index contributed by atoms with van der Waals surface area (Å²) in [6.45, 7) is 3.68. The lowest BCUT2D eigenvalue weighted by Crippen LogP contribution is -2.24. The monoisotopic (exact) mass is 270 g/mol. The number of benzene rings is 1. The van der Waals surface area contributed by atoms with E-state index in [2.05, 4.69) is 10.6 Å². The standard InChI is InChI=1S/C13H18N2O2.ClH/c1-9-3-4-11(12(7-9)17-2)15-13(16)10-5-6-14-8-10;/h3-4,7,10,14H,5-6,8H2,1-2H3,(H,15,16);1H. The van der Waals surface area contributed by atoms with Gasteiger partial charge in [0.05, 0.1) is 18.7 Å². The molecule has 0 aliphatic carbocycles. The summed E-state index contributed by atoms with van der Waals surface area (Å²) >= 11 is 0. The maximum Gasteiger partial charge on any atom is 0.228 e. The van der Waals surface area contributed by atoms with Gasteiger partial charge in [0.2, 0.25) is 5.91 Å². The van der Waals surface area contributed by atoms with Crippen molar-refractivity contribution in [3.05, 3.63) is 23.8 Å². The quantitative estimate of drug-likeness (QED) is 0.883. The number of hydrogen-bond donors (Lipinski definition) is 2. The largest absolute Gasteiger partial charge is 0.495 e. The topological polar surface area (TPSA) is 50.4 Å². The van der Waals surface area contributed by atoms with Crippen molar-refractivity contribution in [1.82, 2.24) is 5.32 Å². The molecule has 100 valence electrons. The molecule has 0 aromatic heterocycles. The first-order chi connectivity index (χ1) is 8.20. The predicted molar refractivity (Wildman–Crippen MR) is 74.6 cm³/mol. The predicted octanol–water partition coefficient (Wildman–Crippen LogP) is 1.97.